The van der Waals surface area contributed by atoms with Crippen molar-refractivity contribution < 1.29 is 28.6 Å². The van der Waals surface area contributed by atoms with Gasteiger partial charge in [-0.1, -0.05) is 13.8 Å². The summed E-state index contributed by atoms with van der Waals surface area (Å²) in [5.74, 6) is -2.34. The summed E-state index contributed by atoms with van der Waals surface area (Å²) in [6.07, 6.45) is 0.235. The number of anilines is 1. The van der Waals surface area contributed by atoms with Crippen molar-refractivity contribution in [3.8, 4) is 0 Å². The Morgan fingerprint density at radius 2 is 2.07 bits per heavy atom. The van der Waals surface area contributed by atoms with Gasteiger partial charge in [0.05, 0.1) is 18.2 Å². The van der Waals surface area contributed by atoms with Crippen LogP contribution in [0.4, 0.5) is 10.1 Å². The Labute approximate surface area is 157 Å². The largest absolute Gasteiger partial charge is 0.481 e. The van der Waals surface area contributed by atoms with E-state index in [1.807, 2.05) is 13.8 Å². The molecule has 27 heavy (non-hydrogen) atoms. The second-order valence-corrected chi connectivity index (χ2v) is 7.14. The molecule has 0 saturated carbocycles. The predicted molar refractivity (Wildman–Crippen MR) is 97.0 cm³/mol. The lowest BCUT2D eigenvalue weighted by atomic mass is 10.1. The molecule has 1 aliphatic heterocycles. The van der Waals surface area contributed by atoms with E-state index in [9.17, 15) is 18.8 Å². The highest BCUT2D eigenvalue weighted by Crippen LogP contribution is 2.26. The van der Waals surface area contributed by atoms with E-state index in [2.05, 4.69) is 5.32 Å². The molecule has 1 heterocycles. The molecule has 1 aromatic rings. The Bertz CT molecular complexity index is 722. The number of likely N-dealkylation sites (tertiary alicyclic amines) is 1. The van der Waals surface area contributed by atoms with Crippen molar-refractivity contribution in [3.05, 3.63) is 29.6 Å². The zero-order valence-electron chi connectivity index (χ0n) is 15.7. The molecule has 1 aromatic carbocycles. The van der Waals surface area contributed by atoms with Gasteiger partial charge in [0.15, 0.2) is 0 Å². The fourth-order valence-corrected chi connectivity index (χ4v) is 3.18. The fraction of sp³-hybridized carbons (Fsp3) is 0.526. The van der Waals surface area contributed by atoms with Crippen molar-refractivity contribution in [1.82, 2.24) is 4.90 Å². The summed E-state index contributed by atoms with van der Waals surface area (Å²) in [6, 6.07) is 3.32. The number of methoxy groups -OCH3 is 1. The van der Waals surface area contributed by atoms with Crippen LogP contribution in [-0.2, 0) is 14.3 Å². The quantitative estimate of drug-likeness (QED) is 0.758. The predicted octanol–water partition coefficient (Wildman–Crippen LogP) is 2.51. The average molecular weight is 380 g/mol. The number of carboxylic acids is 1. The standard InChI is InChI=1S/C19H25FN2O5/c1-11(2)6-17(23)21-16-5-4-12(7-15(16)20)19(26)22-10-14(27-3)8-13(22)9-18(24)25/h4-5,7,11,13-14H,6,8-10H2,1-3H3,(H,21,23)(H,24,25). The molecule has 7 nitrogen and oxygen atoms in total. The second kappa shape index (κ2) is 8.94. The Morgan fingerprint density at radius 3 is 2.63 bits per heavy atom. The van der Waals surface area contributed by atoms with E-state index in [0.29, 0.717) is 6.42 Å². The molecule has 148 valence electrons. The third-order valence-corrected chi connectivity index (χ3v) is 4.46. The maximum Gasteiger partial charge on any atom is 0.305 e. The SMILES string of the molecule is COC1CC(CC(=O)O)N(C(=O)c2ccc(NC(=O)CC(C)C)c(F)c2)C1. The van der Waals surface area contributed by atoms with Gasteiger partial charge in [0.2, 0.25) is 5.91 Å². The zero-order valence-corrected chi connectivity index (χ0v) is 15.7. The first-order valence-electron chi connectivity index (χ1n) is 8.86. The molecule has 8 heteroatoms. The Morgan fingerprint density at radius 1 is 1.37 bits per heavy atom. The van der Waals surface area contributed by atoms with E-state index >= 15 is 0 Å². The molecule has 2 rings (SSSR count). The van der Waals surface area contributed by atoms with Crippen LogP contribution in [0.25, 0.3) is 0 Å². The van der Waals surface area contributed by atoms with E-state index in [1.165, 1.54) is 24.1 Å². The molecule has 2 unspecified atom stereocenters. The van der Waals surface area contributed by atoms with Gasteiger partial charge in [-0.25, -0.2) is 4.39 Å². The van der Waals surface area contributed by atoms with Crippen LogP contribution >= 0.6 is 0 Å². The van der Waals surface area contributed by atoms with Gasteiger partial charge in [-0.15, -0.1) is 0 Å². The second-order valence-electron chi connectivity index (χ2n) is 7.14. The van der Waals surface area contributed by atoms with Gasteiger partial charge in [0, 0.05) is 31.7 Å². The number of carboxylic acid groups (broad SMARTS) is 1. The highest BCUT2D eigenvalue weighted by molar-refractivity contribution is 5.96. The molecule has 0 bridgehead atoms. The maximum absolute atomic E-state index is 14.3. The molecule has 1 aliphatic rings. The molecule has 0 spiro atoms. The van der Waals surface area contributed by atoms with E-state index in [4.69, 9.17) is 9.84 Å². The lowest BCUT2D eigenvalue weighted by molar-refractivity contribution is -0.138. The third-order valence-electron chi connectivity index (χ3n) is 4.46. The first-order valence-corrected chi connectivity index (χ1v) is 8.86. The Balaban J connectivity index is 2.14. The van der Waals surface area contributed by atoms with Crippen molar-refractivity contribution >= 4 is 23.5 Å². The number of nitrogens with zero attached hydrogens (tertiary/aromatic N) is 1. The van der Waals surface area contributed by atoms with Crippen LogP contribution in [-0.4, -0.2) is 53.6 Å². The van der Waals surface area contributed by atoms with Gasteiger partial charge in [-0.05, 0) is 30.5 Å². The van der Waals surface area contributed by atoms with Gasteiger partial charge in [-0.2, -0.15) is 0 Å². The molecule has 1 saturated heterocycles. The number of nitrogens with one attached hydrogen (secondary N) is 1. The zero-order chi connectivity index (χ0) is 20.1. The van der Waals surface area contributed by atoms with Gasteiger partial charge in [0.1, 0.15) is 5.82 Å². The first kappa shape index (κ1) is 20.8. The van der Waals surface area contributed by atoms with Gasteiger partial charge >= 0.3 is 5.97 Å². The molecule has 2 amide bonds. The van der Waals surface area contributed by atoms with E-state index in [0.717, 1.165) is 6.07 Å². The van der Waals surface area contributed by atoms with Crippen LogP contribution in [0.15, 0.2) is 18.2 Å². The van der Waals surface area contributed by atoms with Crippen molar-refractivity contribution in [2.24, 2.45) is 5.92 Å². The summed E-state index contributed by atoms with van der Waals surface area (Å²) in [4.78, 5) is 37.0. The smallest absolute Gasteiger partial charge is 0.305 e. The summed E-state index contributed by atoms with van der Waals surface area (Å²) in [5, 5.41) is 11.5. The van der Waals surface area contributed by atoms with E-state index < -0.39 is 23.7 Å². The molecule has 0 radical (unpaired) electrons. The molecule has 0 aromatic heterocycles. The first-order chi connectivity index (χ1) is 12.7. The summed E-state index contributed by atoms with van der Waals surface area (Å²) in [6.45, 7) is 4.02. The lowest BCUT2D eigenvalue weighted by Gasteiger charge is -2.23. The van der Waals surface area contributed by atoms with Crippen molar-refractivity contribution in [2.45, 2.75) is 45.3 Å². The van der Waals surface area contributed by atoms with Crippen LogP contribution in [0.3, 0.4) is 0 Å². The minimum Gasteiger partial charge on any atom is -0.481 e. The minimum absolute atomic E-state index is 0.00970. The van der Waals surface area contributed by atoms with Crippen LogP contribution in [0.2, 0.25) is 0 Å². The number of benzene rings is 1. The van der Waals surface area contributed by atoms with Crippen LogP contribution in [0.1, 0.15) is 43.5 Å². The molecule has 2 N–H and O–H groups in total. The lowest BCUT2D eigenvalue weighted by Crippen LogP contribution is -2.37. The van der Waals surface area contributed by atoms with E-state index in [1.54, 1.807) is 0 Å². The maximum atomic E-state index is 14.3. The van der Waals surface area contributed by atoms with Gasteiger partial charge in [0.25, 0.3) is 5.91 Å². The third kappa shape index (κ3) is 5.50. The summed E-state index contributed by atoms with van der Waals surface area (Å²) >= 11 is 0. The number of amides is 2. The molecular formula is C19H25FN2O5. The van der Waals surface area contributed by atoms with Gasteiger partial charge in [-0.3, -0.25) is 14.4 Å². The van der Waals surface area contributed by atoms with Crippen molar-refractivity contribution in [1.29, 1.82) is 0 Å². The summed E-state index contributed by atoms with van der Waals surface area (Å²) in [7, 11) is 1.50. The van der Waals surface area contributed by atoms with Crippen LogP contribution < -0.4 is 5.32 Å². The number of carbonyl (C=O) groups is 3. The molecule has 1 fully saturated rings. The number of halogens is 1. The highest BCUT2D eigenvalue weighted by atomic mass is 19.1. The summed E-state index contributed by atoms with van der Waals surface area (Å²) in [5.41, 5.74) is 0.108. The molecule has 0 aliphatic carbocycles. The minimum atomic E-state index is -1.01. The number of hydrogen-bond donors (Lipinski definition) is 2. The van der Waals surface area contributed by atoms with E-state index in [-0.39, 0.29) is 48.6 Å². The molecular weight excluding hydrogens is 355 g/mol. The summed E-state index contributed by atoms with van der Waals surface area (Å²) < 4.78 is 19.6. The Hall–Kier alpha value is -2.48. The number of ether oxygens (including phenoxy) is 1. The van der Waals surface area contributed by atoms with Crippen LogP contribution in [0.5, 0.6) is 0 Å². The number of rotatable bonds is 7. The number of hydrogen-bond acceptors (Lipinski definition) is 4. The van der Waals surface area contributed by atoms with Crippen molar-refractivity contribution in [2.75, 3.05) is 19.0 Å². The fourth-order valence-electron chi connectivity index (χ4n) is 3.18. The monoisotopic (exact) mass is 380 g/mol. The topological polar surface area (TPSA) is 95.9 Å². The molecule has 2 atom stereocenters. The van der Waals surface area contributed by atoms with Gasteiger partial charge < -0.3 is 20.1 Å². The Kier molecular flexibility index (Phi) is 6.90. The van der Waals surface area contributed by atoms with Crippen molar-refractivity contribution in [3.63, 3.8) is 0 Å². The average Bonchev–Trinajstić information content (AvgIpc) is 2.97. The number of carbonyl (C=O) groups excluding carboxylic acids is 2. The highest BCUT2D eigenvalue weighted by Gasteiger charge is 2.37. The normalized spacial score (nSPS) is 19.4. The number of aliphatic carboxylic acids is 1. The van der Waals surface area contributed by atoms with Crippen LogP contribution in [0, 0.1) is 11.7 Å².